The topological polar surface area (TPSA) is 75.9 Å². The highest BCUT2D eigenvalue weighted by Crippen LogP contribution is 2.20. The number of rotatable bonds is 1. The van der Waals surface area contributed by atoms with Crippen LogP contribution in [0.3, 0.4) is 0 Å². The number of aromatic nitrogens is 4. The number of aryl methyl sites for hydroxylation is 2. The van der Waals surface area contributed by atoms with Crippen molar-refractivity contribution in [3.63, 3.8) is 0 Å². The highest BCUT2D eigenvalue weighted by Gasteiger charge is 2.20. The molecule has 0 aromatic carbocycles. The summed E-state index contributed by atoms with van der Waals surface area (Å²) in [4.78, 5) is 32.4. The summed E-state index contributed by atoms with van der Waals surface area (Å²) in [5, 5.41) is 0. The maximum absolute atomic E-state index is 11.9. The van der Waals surface area contributed by atoms with Gasteiger partial charge >= 0.3 is 5.69 Å². The average molecular weight is 281 g/mol. The number of H-pyrrole nitrogens is 1. The van der Waals surface area contributed by atoms with Gasteiger partial charge in [0.1, 0.15) is 0 Å². The number of anilines is 1. The van der Waals surface area contributed by atoms with E-state index >= 15 is 0 Å². The Morgan fingerprint density at radius 2 is 1.84 bits per heavy atom. The summed E-state index contributed by atoms with van der Waals surface area (Å²) in [6.45, 7) is 1.82. The highest BCUT2D eigenvalue weighted by atomic mass is 32.2. The molecule has 0 bridgehead atoms. The van der Waals surface area contributed by atoms with Crippen molar-refractivity contribution >= 4 is 28.9 Å². The molecule has 0 amide bonds. The van der Waals surface area contributed by atoms with E-state index in [0.717, 1.165) is 30.5 Å². The van der Waals surface area contributed by atoms with E-state index in [2.05, 4.69) is 14.9 Å². The Kier molecular flexibility index (Phi) is 2.89. The lowest BCUT2D eigenvalue weighted by molar-refractivity contribution is 0.780. The van der Waals surface area contributed by atoms with Gasteiger partial charge in [0.15, 0.2) is 11.2 Å². The van der Waals surface area contributed by atoms with E-state index in [9.17, 15) is 9.59 Å². The van der Waals surface area contributed by atoms with E-state index < -0.39 is 5.69 Å². The average Bonchev–Trinajstić information content (AvgIpc) is 2.76. The van der Waals surface area contributed by atoms with E-state index in [1.54, 1.807) is 11.6 Å². The molecule has 102 valence electrons. The number of hydrogen-bond donors (Lipinski definition) is 1. The summed E-state index contributed by atoms with van der Waals surface area (Å²) in [7, 11) is 3.43. The SMILES string of the molecule is Cn1c(N2CCSCC2)nc2c1c(=O)[nH]c(=O)n2C. The molecular formula is C11H15N5O2S. The molecule has 1 fully saturated rings. The molecule has 1 saturated heterocycles. The Hall–Kier alpha value is -1.70. The molecule has 0 spiro atoms. The molecule has 0 unspecified atom stereocenters. The van der Waals surface area contributed by atoms with Gasteiger partial charge in [0.2, 0.25) is 5.95 Å². The summed E-state index contributed by atoms with van der Waals surface area (Å²) < 4.78 is 3.14. The molecule has 7 nitrogen and oxygen atoms in total. The van der Waals surface area contributed by atoms with Crippen molar-refractivity contribution in [3.05, 3.63) is 20.8 Å². The van der Waals surface area contributed by atoms with Gasteiger partial charge in [-0.25, -0.2) is 4.79 Å². The normalized spacial score (nSPS) is 16.2. The van der Waals surface area contributed by atoms with E-state index in [-0.39, 0.29) is 5.56 Å². The van der Waals surface area contributed by atoms with E-state index in [1.165, 1.54) is 4.57 Å². The number of fused-ring (bicyclic) bond motifs is 1. The number of thioether (sulfide) groups is 1. The van der Waals surface area contributed by atoms with Gasteiger partial charge < -0.3 is 9.47 Å². The lowest BCUT2D eigenvalue weighted by Gasteiger charge is -2.27. The third kappa shape index (κ3) is 1.86. The Labute approximate surface area is 113 Å². The summed E-state index contributed by atoms with van der Waals surface area (Å²) in [6, 6.07) is 0. The molecule has 1 aliphatic heterocycles. The molecule has 0 atom stereocenters. The van der Waals surface area contributed by atoms with Gasteiger partial charge in [0, 0.05) is 38.7 Å². The zero-order chi connectivity index (χ0) is 13.6. The maximum Gasteiger partial charge on any atom is 0.329 e. The molecule has 3 rings (SSSR count). The lowest BCUT2D eigenvalue weighted by Crippen LogP contribution is -2.34. The first-order chi connectivity index (χ1) is 9.09. The third-order valence-electron chi connectivity index (χ3n) is 3.40. The van der Waals surface area contributed by atoms with Gasteiger partial charge in [-0.05, 0) is 0 Å². The second-order valence-electron chi connectivity index (χ2n) is 4.56. The van der Waals surface area contributed by atoms with E-state index in [1.807, 2.05) is 18.8 Å². The summed E-state index contributed by atoms with van der Waals surface area (Å²) in [6.07, 6.45) is 0. The molecular weight excluding hydrogens is 266 g/mol. The van der Waals surface area contributed by atoms with Crippen molar-refractivity contribution in [2.75, 3.05) is 29.5 Å². The Balaban J connectivity index is 2.25. The molecule has 0 aliphatic carbocycles. The maximum atomic E-state index is 11.9. The number of hydrogen-bond acceptors (Lipinski definition) is 5. The summed E-state index contributed by atoms with van der Waals surface area (Å²) >= 11 is 1.91. The lowest BCUT2D eigenvalue weighted by atomic mass is 10.5. The van der Waals surface area contributed by atoms with Crippen LogP contribution in [0.5, 0.6) is 0 Å². The minimum atomic E-state index is -0.434. The molecule has 0 saturated carbocycles. The molecule has 2 aromatic heterocycles. The fourth-order valence-electron chi connectivity index (χ4n) is 2.34. The van der Waals surface area contributed by atoms with Gasteiger partial charge in [0.25, 0.3) is 5.56 Å². The minimum absolute atomic E-state index is 0.384. The van der Waals surface area contributed by atoms with Gasteiger partial charge in [-0.2, -0.15) is 16.7 Å². The van der Waals surface area contributed by atoms with Crippen LogP contribution in [0.1, 0.15) is 0 Å². The summed E-state index contributed by atoms with van der Waals surface area (Å²) in [5.74, 6) is 2.86. The van der Waals surface area contributed by atoms with Gasteiger partial charge in [-0.3, -0.25) is 14.3 Å². The van der Waals surface area contributed by atoms with Gasteiger partial charge in [-0.15, -0.1) is 0 Å². The van der Waals surface area contributed by atoms with E-state index in [0.29, 0.717) is 11.2 Å². The van der Waals surface area contributed by atoms with Crippen LogP contribution in [0.15, 0.2) is 9.59 Å². The minimum Gasteiger partial charge on any atom is -0.341 e. The Bertz CT molecular complexity index is 738. The van der Waals surface area contributed by atoms with Crippen molar-refractivity contribution in [3.8, 4) is 0 Å². The van der Waals surface area contributed by atoms with Gasteiger partial charge in [0.05, 0.1) is 0 Å². The standard InChI is InChI=1S/C11H15N5O2S/c1-14-7-8(15(2)11(18)13-9(7)17)12-10(14)16-3-5-19-6-4-16/h3-6H2,1-2H3,(H,13,17,18). The zero-order valence-corrected chi connectivity index (χ0v) is 11.7. The van der Waals surface area contributed by atoms with Gasteiger partial charge in [-0.1, -0.05) is 0 Å². The van der Waals surface area contributed by atoms with Crippen molar-refractivity contribution in [1.82, 2.24) is 19.1 Å². The molecule has 0 radical (unpaired) electrons. The molecule has 1 aliphatic rings. The van der Waals surface area contributed by atoms with Crippen LogP contribution in [0.25, 0.3) is 11.2 Å². The molecule has 8 heteroatoms. The molecule has 2 aromatic rings. The fourth-order valence-corrected chi connectivity index (χ4v) is 3.25. The van der Waals surface area contributed by atoms with Crippen molar-refractivity contribution in [1.29, 1.82) is 0 Å². The first-order valence-corrected chi connectivity index (χ1v) is 7.23. The fraction of sp³-hybridized carbons (Fsp3) is 0.545. The Morgan fingerprint density at radius 3 is 2.53 bits per heavy atom. The van der Waals surface area contributed by atoms with Crippen molar-refractivity contribution in [2.45, 2.75) is 0 Å². The second kappa shape index (κ2) is 4.44. The third-order valence-corrected chi connectivity index (χ3v) is 4.35. The van der Waals surface area contributed by atoms with Crippen LogP contribution in [0, 0.1) is 0 Å². The smallest absolute Gasteiger partial charge is 0.329 e. The number of imidazole rings is 1. The van der Waals surface area contributed by atoms with Crippen LogP contribution in [0.2, 0.25) is 0 Å². The molecule has 3 heterocycles. The second-order valence-corrected chi connectivity index (χ2v) is 5.79. The number of nitrogens with one attached hydrogen (secondary N) is 1. The Morgan fingerprint density at radius 1 is 1.16 bits per heavy atom. The first kappa shape index (κ1) is 12.3. The number of aromatic amines is 1. The van der Waals surface area contributed by atoms with Crippen LogP contribution in [0.4, 0.5) is 5.95 Å². The largest absolute Gasteiger partial charge is 0.341 e. The van der Waals surface area contributed by atoms with Crippen molar-refractivity contribution in [2.24, 2.45) is 14.1 Å². The van der Waals surface area contributed by atoms with Crippen LogP contribution >= 0.6 is 11.8 Å². The highest BCUT2D eigenvalue weighted by molar-refractivity contribution is 7.99. The summed E-state index contributed by atoms with van der Waals surface area (Å²) in [5.41, 5.74) is 0.0573. The van der Waals surface area contributed by atoms with Crippen LogP contribution in [-0.4, -0.2) is 43.7 Å². The number of nitrogens with zero attached hydrogens (tertiary/aromatic N) is 4. The van der Waals surface area contributed by atoms with E-state index in [4.69, 9.17) is 0 Å². The first-order valence-electron chi connectivity index (χ1n) is 6.08. The van der Waals surface area contributed by atoms with Crippen LogP contribution < -0.4 is 16.1 Å². The van der Waals surface area contributed by atoms with Crippen LogP contribution in [-0.2, 0) is 14.1 Å². The zero-order valence-electron chi connectivity index (χ0n) is 10.8. The molecule has 19 heavy (non-hydrogen) atoms. The van der Waals surface area contributed by atoms with Crippen molar-refractivity contribution < 1.29 is 0 Å². The predicted octanol–water partition coefficient (Wildman–Crippen LogP) is -0.487. The monoisotopic (exact) mass is 281 g/mol. The molecule has 1 N–H and O–H groups in total. The quantitative estimate of drug-likeness (QED) is 0.763. The predicted molar refractivity (Wildman–Crippen MR) is 76.1 cm³/mol.